The van der Waals surface area contributed by atoms with Gasteiger partial charge < -0.3 is 9.80 Å². The van der Waals surface area contributed by atoms with Gasteiger partial charge in [-0.25, -0.2) is 0 Å². The number of aromatic nitrogens is 4. The van der Waals surface area contributed by atoms with Crippen LogP contribution in [0.15, 0.2) is 55.2 Å². The molecule has 3 aromatic heterocycles. The molecule has 33 heavy (non-hydrogen) atoms. The highest BCUT2D eigenvalue weighted by atomic mass is 16.2. The number of nitrogens with zero attached hydrogens (tertiary/aromatic N) is 6. The van der Waals surface area contributed by atoms with Crippen LogP contribution in [0.4, 0.5) is 0 Å². The number of carbonyl (C=O) groups excluding carboxylic acids is 2. The van der Waals surface area contributed by atoms with E-state index >= 15 is 0 Å². The number of hydrogen-bond donors (Lipinski definition) is 0. The fraction of sp³-hybridized carbons (Fsp3) is 0.400. The van der Waals surface area contributed by atoms with Crippen molar-refractivity contribution in [3.05, 3.63) is 77.6 Å². The van der Waals surface area contributed by atoms with Crippen LogP contribution in [0.2, 0.25) is 0 Å². The van der Waals surface area contributed by atoms with Gasteiger partial charge in [-0.1, -0.05) is 0 Å². The first-order chi connectivity index (χ1) is 16.0. The molecule has 0 N–H and O–H groups in total. The van der Waals surface area contributed by atoms with Crippen LogP contribution in [-0.4, -0.2) is 61.0 Å². The number of piperidine rings is 1. The summed E-state index contributed by atoms with van der Waals surface area (Å²) in [5.74, 6) is -0.0665. The highest BCUT2D eigenvalue weighted by Crippen LogP contribution is 2.49. The van der Waals surface area contributed by atoms with E-state index in [4.69, 9.17) is 0 Å². The van der Waals surface area contributed by atoms with Crippen LogP contribution in [-0.2, 0) is 18.4 Å². The van der Waals surface area contributed by atoms with E-state index in [1.807, 2.05) is 52.7 Å². The molecule has 2 aliphatic heterocycles. The average molecular weight is 445 g/mol. The summed E-state index contributed by atoms with van der Waals surface area (Å²) >= 11 is 0. The molecule has 2 amide bonds. The number of hydrogen-bond acceptors (Lipinski definition) is 5. The van der Waals surface area contributed by atoms with Gasteiger partial charge in [0.2, 0.25) is 5.91 Å². The van der Waals surface area contributed by atoms with Crippen molar-refractivity contribution in [2.75, 3.05) is 19.6 Å². The normalized spacial score (nSPS) is 22.8. The van der Waals surface area contributed by atoms with E-state index in [2.05, 4.69) is 15.1 Å². The van der Waals surface area contributed by atoms with Crippen molar-refractivity contribution in [3.63, 3.8) is 0 Å². The lowest BCUT2D eigenvalue weighted by molar-refractivity contribution is -0.147. The number of rotatable bonds is 4. The molecule has 170 valence electrons. The minimum absolute atomic E-state index is 0.0747. The Hall–Kier alpha value is -3.55. The summed E-state index contributed by atoms with van der Waals surface area (Å²) in [7, 11) is 1.90. The summed E-state index contributed by atoms with van der Waals surface area (Å²) in [6.07, 6.45) is 10.3. The third-order valence-electron chi connectivity index (χ3n) is 7.05. The number of likely N-dealkylation sites (tertiary alicyclic amines) is 2. The van der Waals surface area contributed by atoms with E-state index in [1.165, 1.54) is 0 Å². The molecule has 2 aliphatic rings. The van der Waals surface area contributed by atoms with E-state index in [-0.39, 0.29) is 17.7 Å². The minimum Gasteiger partial charge on any atom is -0.338 e. The summed E-state index contributed by atoms with van der Waals surface area (Å²) in [6.45, 7) is 4.09. The van der Waals surface area contributed by atoms with Crippen LogP contribution in [0, 0.1) is 12.3 Å². The summed E-state index contributed by atoms with van der Waals surface area (Å²) in [5.41, 5.74) is 2.89. The van der Waals surface area contributed by atoms with Gasteiger partial charge in [0.15, 0.2) is 0 Å². The zero-order valence-electron chi connectivity index (χ0n) is 19.0. The van der Waals surface area contributed by atoms with E-state index < -0.39 is 5.41 Å². The van der Waals surface area contributed by atoms with Gasteiger partial charge in [-0.3, -0.25) is 24.2 Å². The lowest BCUT2D eigenvalue weighted by Gasteiger charge is -2.42. The molecule has 2 saturated heterocycles. The topological polar surface area (TPSA) is 84.2 Å². The maximum Gasteiger partial charge on any atom is 0.255 e. The van der Waals surface area contributed by atoms with Gasteiger partial charge in [0, 0.05) is 75.8 Å². The summed E-state index contributed by atoms with van der Waals surface area (Å²) < 4.78 is 1.84. The Morgan fingerprint density at radius 3 is 2.70 bits per heavy atom. The second-order valence-electron chi connectivity index (χ2n) is 9.21. The second kappa shape index (κ2) is 8.42. The lowest BCUT2D eigenvalue weighted by atomic mass is 9.70. The maximum atomic E-state index is 14.1. The number of amides is 2. The van der Waals surface area contributed by atoms with Gasteiger partial charge in [-0.05, 0) is 55.2 Å². The third kappa shape index (κ3) is 3.79. The predicted molar refractivity (Wildman–Crippen MR) is 122 cm³/mol. The van der Waals surface area contributed by atoms with E-state index in [0.717, 1.165) is 36.2 Å². The van der Waals surface area contributed by atoms with Crippen molar-refractivity contribution in [2.24, 2.45) is 12.5 Å². The molecular formula is C25H28N6O2. The Kier molecular flexibility index (Phi) is 5.44. The third-order valence-corrected chi connectivity index (χ3v) is 7.05. The molecule has 1 spiro atoms. The molecule has 0 aromatic carbocycles. The molecule has 8 heteroatoms. The Morgan fingerprint density at radius 1 is 1.15 bits per heavy atom. The fourth-order valence-electron chi connectivity index (χ4n) is 5.46. The fourth-order valence-corrected chi connectivity index (χ4v) is 5.46. The highest BCUT2D eigenvalue weighted by Gasteiger charge is 2.57. The van der Waals surface area contributed by atoms with Crippen LogP contribution in [0.5, 0.6) is 0 Å². The van der Waals surface area contributed by atoms with Gasteiger partial charge in [0.05, 0.1) is 11.0 Å². The van der Waals surface area contributed by atoms with Crippen LogP contribution >= 0.6 is 0 Å². The molecule has 5 rings (SSSR count). The molecular weight excluding hydrogens is 416 g/mol. The second-order valence-corrected chi connectivity index (χ2v) is 9.21. The van der Waals surface area contributed by atoms with Gasteiger partial charge in [0.1, 0.15) is 0 Å². The molecule has 0 unspecified atom stereocenters. The largest absolute Gasteiger partial charge is 0.338 e. The van der Waals surface area contributed by atoms with Crippen molar-refractivity contribution >= 4 is 11.8 Å². The van der Waals surface area contributed by atoms with Crippen molar-refractivity contribution in [3.8, 4) is 0 Å². The zero-order chi connectivity index (χ0) is 23.0. The van der Waals surface area contributed by atoms with Crippen molar-refractivity contribution in [2.45, 2.75) is 32.2 Å². The molecule has 5 heterocycles. The van der Waals surface area contributed by atoms with Crippen LogP contribution in [0.3, 0.4) is 0 Å². The molecule has 0 saturated carbocycles. The average Bonchev–Trinajstić information content (AvgIpc) is 3.41. The number of aryl methyl sites for hydroxylation is 2. The maximum absolute atomic E-state index is 14.1. The van der Waals surface area contributed by atoms with Gasteiger partial charge in [0.25, 0.3) is 5.91 Å². The molecule has 2 fully saturated rings. The van der Waals surface area contributed by atoms with Crippen LogP contribution in [0.1, 0.15) is 45.9 Å². The first-order valence-electron chi connectivity index (χ1n) is 11.3. The first kappa shape index (κ1) is 21.3. The molecule has 2 atom stereocenters. The monoisotopic (exact) mass is 444 g/mol. The van der Waals surface area contributed by atoms with Crippen LogP contribution in [0.25, 0.3) is 0 Å². The van der Waals surface area contributed by atoms with Crippen molar-refractivity contribution < 1.29 is 9.59 Å². The summed E-state index contributed by atoms with van der Waals surface area (Å²) in [6, 6.07) is 7.73. The zero-order valence-corrected chi connectivity index (χ0v) is 19.0. The molecule has 8 nitrogen and oxygen atoms in total. The van der Waals surface area contributed by atoms with Crippen LogP contribution < -0.4 is 0 Å². The Morgan fingerprint density at radius 2 is 1.97 bits per heavy atom. The Bertz CT molecular complexity index is 1180. The highest BCUT2D eigenvalue weighted by molar-refractivity contribution is 5.96. The van der Waals surface area contributed by atoms with Gasteiger partial charge in [-0.2, -0.15) is 5.10 Å². The molecule has 0 aliphatic carbocycles. The van der Waals surface area contributed by atoms with Gasteiger partial charge >= 0.3 is 0 Å². The molecule has 0 radical (unpaired) electrons. The Balaban J connectivity index is 1.49. The summed E-state index contributed by atoms with van der Waals surface area (Å²) in [4.78, 5) is 39.6. The van der Waals surface area contributed by atoms with E-state index in [0.29, 0.717) is 25.2 Å². The molecule has 3 aromatic rings. The smallest absolute Gasteiger partial charge is 0.255 e. The quantitative estimate of drug-likeness (QED) is 0.618. The van der Waals surface area contributed by atoms with Gasteiger partial charge in [-0.15, -0.1) is 0 Å². The van der Waals surface area contributed by atoms with Crippen molar-refractivity contribution in [1.29, 1.82) is 0 Å². The van der Waals surface area contributed by atoms with E-state index in [9.17, 15) is 9.59 Å². The Labute approximate surface area is 193 Å². The first-order valence-corrected chi connectivity index (χ1v) is 11.3. The standard InChI is InChI=1S/C25H28N6O2/c1-18-12-20(14-27-13-18)23(32)31-16-21(22-6-10-28-29(22)2)25(17-31)7-3-11-30(24(25)33)15-19-4-8-26-9-5-19/h4-6,8-10,12-14,21H,3,7,11,15-17H2,1-2H3/t21-,25+/m0/s1. The molecule has 0 bridgehead atoms. The van der Waals surface area contributed by atoms with E-state index in [1.54, 1.807) is 31.0 Å². The number of pyridine rings is 2. The minimum atomic E-state index is -0.661. The lowest BCUT2D eigenvalue weighted by Crippen LogP contribution is -2.52. The predicted octanol–water partition coefficient (Wildman–Crippen LogP) is 2.57. The summed E-state index contributed by atoms with van der Waals surface area (Å²) in [5, 5.41) is 4.36. The van der Waals surface area contributed by atoms with Crippen molar-refractivity contribution in [1.82, 2.24) is 29.5 Å². The SMILES string of the molecule is Cc1cncc(C(=O)N2C[C@@H](c3ccnn3C)[C@@]3(CCCN(Cc4ccncc4)C3=O)C2)c1. The number of carbonyl (C=O) groups is 2.